The third kappa shape index (κ3) is 4.13. The second-order valence-corrected chi connectivity index (χ2v) is 7.91. The Kier molecular flexibility index (Phi) is 5.77. The van der Waals surface area contributed by atoms with Gasteiger partial charge in [0, 0.05) is 14.5 Å². The van der Waals surface area contributed by atoms with Crippen molar-refractivity contribution in [3.8, 4) is 0 Å². The Morgan fingerprint density at radius 1 is 1.11 bits per heavy atom. The highest BCUT2D eigenvalue weighted by Crippen LogP contribution is 2.37. The summed E-state index contributed by atoms with van der Waals surface area (Å²) in [6, 6.07) is 10.1. The smallest absolute Gasteiger partial charge is 0.0406 e. The monoisotopic (exact) mass is 280 g/mol. The Labute approximate surface area is 119 Å². The molecule has 1 aliphatic rings. The van der Waals surface area contributed by atoms with E-state index < -0.39 is 0 Å². The van der Waals surface area contributed by atoms with Crippen molar-refractivity contribution in [3.63, 3.8) is 0 Å². The van der Waals surface area contributed by atoms with Crippen molar-refractivity contribution in [3.05, 3.63) is 34.9 Å². The second-order valence-electron chi connectivity index (χ2n) is 5.76. The number of rotatable bonds is 5. The molecule has 0 unspecified atom stereocenters. The number of halogens is 1. The van der Waals surface area contributed by atoms with E-state index in [-0.39, 0.29) is 0 Å². The first-order valence-corrected chi connectivity index (χ1v) is 10.3. The molecule has 100 valence electrons. The summed E-state index contributed by atoms with van der Waals surface area (Å²) in [5, 5.41) is 0.858. The summed E-state index contributed by atoms with van der Waals surface area (Å²) in [5.74, 6) is 1.81. The molecule has 1 aromatic carbocycles. The van der Waals surface area contributed by atoms with Crippen LogP contribution in [-0.4, -0.2) is 9.52 Å². The Morgan fingerprint density at radius 2 is 1.78 bits per heavy atom. The van der Waals surface area contributed by atoms with Gasteiger partial charge in [0.15, 0.2) is 0 Å². The van der Waals surface area contributed by atoms with Crippen molar-refractivity contribution in [1.82, 2.24) is 0 Å². The maximum Gasteiger partial charge on any atom is 0.0406 e. The maximum atomic E-state index is 5.95. The van der Waals surface area contributed by atoms with E-state index in [2.05, 4.69) is 18.7 Å². The molecule has 0 aliphatic heterocycles. The Morgan fingerprint density at radius 3 is 2.39 bits per heavy atom. The summed E-state index contributed by atoms with van der Waals surface area (Å²) >= 11 is 5.95. The van der Waals surface area contributed by atoms with Crippen molar-refractivity contribution in [2.75, 3.05) is 0 Å². The number of hydrogen-bond acceptors (Lipinski definition) is 0. The molecule has 18 heavy (non-hydrogen) atoms. The summed E-state index contributed by atoms with van der Waals surface area (Å²) in [4.78, 5) is 0. The van der Waals surface area contributed by atoms with E-state index in [1.54, 1.807) is 6.04 Å². The van der Waals surface area contributed by atoms with Crippen LogP contribution in [0.1, 0.15) is 50.0 Å². The number of benzene rings is 1. The maximum absolute atomic E-state index is 5.95. The SMILES string of the molecule is C[SiH2]CCC[C@H]1CC[C@H](c2ccc(Cl)cc2)CC1. The highest BCUT2D eigenvalue weighted by atomic mass is 35.5. The van der Waals surface area contributed by atoms with Crippen molar-refractivity contribution < 1.29 is 0 Å². The molecule has 1 saturated carbocycles. The van der Waals surface area contributed by atoms with Crippen molar-refractivity contribution in [2.45, 2.75) is 57.0 Å². The van der Waals surface area contributed by atoms with Crippen LogP contribution in [0.15, 0.2) is 24.3 Å². The van der Waals surface area contributed by atoms with E-state index in [0.717, 1.165) is 16.9 Å². The van der Waals surface area contributed by atoms with Crippen LogP contribution in [-0.2, 0) is 0 Å². The van der Waals surface area contributed by atoms with Crippen molar-refractivity contribution in [2.24, 2.45) is 5.92 Å². The molecule has 2 heteroatoms. The second kappa shape index (κ2) is 7.35. The lowest BCUT2D eigenvalue weighted by Crippen LogP contribution is -2.13. The summed E-state index contributed by atoms with van der Waals surface area (Å²) in [7, 11) is 0.299. The van der Waals surface area contributed by atoms with Gasteiger partial charge in [-0.2, -0.15) is 0 Å². The van der Waals surface area contributed by atoms with Gasteiger partial charge in [0.05, 0.1) is 0 Å². The molecule has 0 atom stereocenters. The van der Waals surface area contributed by atoms with E-state index >= 15 is 0 Å². The molecule has 0 N–H and O–H groups in total. The molecule has 0 radical (unpaired) electrons. The summed E-state index contributed by atoms with van der Waals surface area (Å²) < 4.78 is 0. The zero-order valence-corrected chi connectivity index (χ0v) is 13.7. The molecule has 1 aromatic rings. The normalized spacial score (nSPS) is 24.8. The van der Waals surface area contributed by atoms with Crippen LogP contribution in [0.4, 0.5) is 0 Å². The van der Waals surface area contributed by atoms with E-state index in [4.69, 9.17) is 11.6 Å². The molecule has 1 aliphatic carbocycles. The van der Waals surface area contributed by atoms with Crippen LogP contribution in [0.5, 0.6) is 0 Å². The van der Waals surface area contributed by atoms with Gasteiger partial charge >= 0.3 is 0 Å². The average Bonchev–Trinajstić information content (AvgIpc) is 2.41. The van der Waals surface area contributed by atoms with Crippen molar-refractivity contribution >= 4 is 21.1 Å². The third-order valence-corrected chi connectivity index (χ3v) is 5.86. The van der Waals surface area contributed by atoms with E-state index in [1.807, 2.05) is 12.1 Å². The van der Waals surface area contributed by atoms with Gasteiger partial charge in [-0.1, -0.05) is 49.2 Å². The Bertz CT molecular complexity index is 339. The first kappa shape index (κ1) is 14.1. The van der Waals surface area contributed by atoms with E-state index in [0.29, 0.717) is 9.52 Å². The van der Waals surface area contributed by atoms with Crippen LogP contribution in [0, 0.1) is 5.92 Å². The van der Waals surface area contributed by atoms with Gasteiger partial charge in [-0.05, 0) is 55.2 Å². The van der Waals surface area contributed by atoms with E-state index in [1.165, 1.54) is 44.1 Å². The fourth-order valence-corrected chi connectivity index (χ4v) is 4.12. The minimum absolute atomic E-state index is 0.299. The minimum Gasteiger partial charge on any atom is -0.0843 e. The third-order valence-electron chi connectivity index (χ3n) is 4.40. The minimum atomic E-state index is 0.299. The summed E-state index contributed by atoms with van der Waals surface area (Å²) in [6.07, 6.45) is 8.65. The first-order chi connectivity index (χ1) is 8.79. The molecular weight excluding hydrogens is 256 g/mol. The zero-order chi connectivity index (χ0) is 12.8. The molecule has 0 spiro atoms. The van der Waals surface area contributed by atoms with Crippen LogP contribution in [0.2, 0.25) is 17.6 Å². The lowest BCUT2D eigenvalue weighted by atomic mass is 9.77. The Balaban J connectivity index is 1.77. The van der Waals surface area contributed by atoms with E-state index in [9.17, 15) is 0 Å². The quantitative estimate of drug-likeness (QED) is 0.524. The van der Waals surface area contributed by atoms with Gasteiger partial charge < -0.3 is 0 Å². The highest BCUT2D eigenvalue weighted by molar-refractivity contribution is 6.33. The predicted molar refractivity (Wildman–Crippen MR) is 84.6 cm³/mol. The van der Waals surface area contributed by atoms with Crippen LogP contribution in [0.3, 0.4) is 0 Å². The highest BCUT2D eigenvalue weighted by Gasteiger charge is 2.21. The van der Waals surface area contributed by atoms with Gasteiger partial charge in [0.25, 0.3) is 0 Å². The predicted octanol–water partition coefficient (Wildman–Crippen LogP) is 5.03. The summed E-state index contributed by atoms with van der Waals surface area (Å²) in [5.41, 5.74) is 1.50. The van der Waals surface area contributed by atoms with Gasteiger partial charge in [0.1, 0.15) is 0 Å². The largest absolute Gasteiger partial charge is 0.0843 e. The standard InChI is InChI=1S/C16H25ClSi/c1-18-12-2-3-13-4-6-14(7-5-13)15-8-10-16(17)11-9-15/h8-11,13-14H,2-7,12,18H2,1H3/t13-,14-. The van der Waals surface area contributed by atoms with Gasteiger partial charge in [-0.3, -0.25) is 0 Å². The van der Waals surface area contributed by atoms with Crippen LogP contribution >= 0.6 is 11.6 Å². The first-order valence-electron chi connectivity index (χ1n) is 7.55. The van der Waals surface area contributed by atoms with Gasteiger partial charge in [-0.25, -0.2) is 0 Å². The lowest BCUT2D eigenvalue weighted by molar-refractivity contribution is 0.308. The molecule has 0 bridgehead atoms. The molecule has 2 rings (SSSR count). The van der Waals surface area contributed by atoms with Gasteiger partial charge in [-0.15, -0.1) is 0 Å². The zero-order valence-electron chi connectivity index (χ0n) is 11.5. The fourth-order valence-electron chi connectivity index (χ4n) is 3.20. The van der Waals surface area contributed by atoms with Crippen LogP contribution < -0.4 is 0 Å². The summed E-state index contributed by atoms with van der Waals surface area (Å²) in [6.45, 7) is 2.43. The molecule has 0 aromatic heterocycles. The number of hydrogen-bond donors (Lipinski definition) is 0. The topological polar surface area (TPSA) is 0 Å². The molecule has 0 heterocycles. The van der Waals surface area contributed by atoms with Gasteiger partial charge in [0.2, 0.25) is 0 Å². The molecule has 1 fully saturated rings. The molecule has 0 saturated heterocycles. The van der Waals surface area contributed by atoms with Crippen molar-refractivity contribution in [1.29, 1.82) is 0 Å². The average molecular weight is 281 g/mol. The molecule has 0 amide bonds. The fraction of sp³-hybridized carbons (Fsp3) is 0.625. The lowest BCUT2D eigenvalue weighted by Gasteiger charge is -2.28. The molecular formula is C16H25ClSi. The Hall–Kier alpha value is -0.273. The molecule has 0 nitrogen and oxygen atoms in total. The van der Waals surface area contributed by atoms with Crippen LogP contribution in [0.25, 0.3) is 0 Å².